The van der Waals surface area contributed by atoms with Crippen molar-refractivity contribution in [2.75, 3.05) is 19.0 Å². The topological polar surface area (TPSA) is 29.1 Å². The Morgan fingerprint density at radius 3 is 2.90 bits per heavy atom. The zero-order valence-corrected chi connectivity index (χ0v) is 7.54. The Labute approximate surface area is 65.3 Å². The SMILES string of the molecule is C#CC1CSP(=O)(NC)C1. The fourth-order valence-corrected chi connectivity index (χ4v) is 5.41. The summed E-state index contributed by atoms with van der Waals surface area (Å²) in [5, 5.41) is 2.83. The van der Waals surface area contributed by atoms with Crippen LogP contribution in [0.25, 0.3) is 0 Å². The zero-order chi connectivity index (χ0) is 7.61. The van der Waals surface area contributed by atoms with E-state index in [1.165, 1.54) is 11.4 Å². The lowest BCUT2D eigenvalue weighted by molar-refractivity contribution is 0.578. The van der Waals surface area contributed by atoms with Gasteiger partial charge >= 0.3 is 0 Å². The first-order valence-electron chi connectivity index (χ1n) is 3.09. The van der Waals surface area contributed by atoms with Gasteiger partial charge in [-0.05, 0) is 7.05 Å². The van der Waals surface area contributed by atoms with Gasteiger partial charge in [0.1, 0.15) is 0 Å². The Kier molecular flexibility index (Phi) is 2.46. The fraction of sp³-hybridized carbons (Fsp3) is 0.667. The third kappa shape index (κ3) is 1.58. The summed E-state index contributed by atoms with van der Waals surface area (Å²) in [6.45, 7) is -2.10. The van der Waals surface area contributed by atoms with Crippen LogP contribution in [0.1, 0.15) is 0 Å². The molecular weight excluding hydrogens is 165 g/mol. The van der Waals surface area contributed by atoms with Crippen molar-refractivity contribution in [1.82, 2.24) is 5.09 Å². The average Bonchev–Trinajstić information content (AvgIpc) is 2.33. The summed E-state index contributed by atoms with van der Waals surface area (Å²) in [7, 11) is 1.73. The molecule has 0 aromatic heterocycles. The summed E-state index contributed by atoms with van der Waals surface area (Å²) in [5.74, 6) is 3.67. The van der Waals surface area contributed by atoms with Crippen molar-refractivity contribution in [2.45, 2.75) is 0 Å². The lowest BCUT2D eigenvalue weighted by atomic mass is 10.2. The molecule has 2 unspecified atom stereocenters. The van der Waals surface area contributed by atoms with E-state index in [-0.39, 0.29) is 5.92 Å². The van der Waals surface area contributed by atoms with E-state index < -0.39 is 6.49 Å². The Balaban J connectivity index is 2.60. The molecule has 0 amide bonds. The Morgan fingerprint density at radius 1 is 1.90 bits per heavy atom. The summed E-state index contributed by atoms with van der Waals surface area (Å²) in [4.78, 5) is 0. The van der Waals surface area contributed by atoms with E-state index in [0.717, 1.165) is 5.75 Å². The largest absolute Gasteiger partial charge is 0.295 e. The number of nitrogens with one attached hydrogen (secondary N) is 1. The third-order valence-corrected chi connectivity index (χ3v) is 6.79. The first-order chi connectivity index (χ1) is 4.70. The summed E-state index contributed by atoms with van der Waals surface area (Å²) >= 11 is 1.48. The van der Waals surface area contributed by atoms with Crippen LogP contribution in [0.15, 0.2) is 0 Å². The first kappa shape index (κ1) is 8.20. The van der Waals surface area contributed by atoms with Crippen LogP contribution in [-0.4, -0.2) is 19.0 Å². The third-order valence-electron chi connectivity index (χ3n) is 1.52. The maximum absolute atomic E-state index is 11.5. The summed E-state index contributed by atoms with van der Waals surface area (Å²) in [6, 6.07) is 0. The van der Waals surface area contributed by atoms with Gasteiger partial charge in [-0.2, -0.15) is 0 Å². The molecule has 0 saturated carbocycles. The van der Waals surface area contributed by atoms with Crippen molar-refractivity contribution in [2.24, 2.45) is 5.92 Å². The monoisotopic (exact) mass is 175 g/mol. The molecule has 2 atom stereocenters. The van der Waals surface area contributed by atoms with Crippen LogP contribution >= 0.6 is 17.9 Å². The molecule has 0 radical (unpaired) electrons. The molecule has 1 rings (SSSR count). The molecule has 1 N–H and O–H groups in total. The number of terminal acetylenes is 1. The van der Waals surface area contributed by atoms with Crippen molar-refractivity contribution in [1.29, 1.82) is 0 Å². The minimum absolute atomic E-state index is 0.211. The minimum atomic E-state index is -2.10. The molecule has 56 valence electrons. The molecule has 4 heteroatoms. The van der Waals surface area contributed by atoms with E-state index >= 15 is 0 Å². The highest BCUT2D eigenvalue weighted by Crippen LogP contribution is 2.61. The Bertz CT molecular complexity index is 210. The fourth-order valence-electron chi connectivity index (χ4n) is 0.863. The van der Waals surface area contributed by atoms with Gasteiger partial charge in [0.25, 0.3) is 0 Å². The van der Waals surface area contributed by atoms with Gasteiger partial charge in [-0.15, -0.1) is 12.3 Å². The Hall–Kier alpha value is 0.1000. The molecule has 0 aromatic rings. The molecule has 1 saturated heterocycles. The molecule has 0 spiro atoms. The molecule has 1 fully saturated rings. The van der Waals surface area contributed by atoms with Gasteiger partial charge in [-0.3, -0.25) is 9.65 Å². The molecule has 1 aliphatic rings. The Morgan fingerprint density at radius 2 is 2.60 bits per heavy atom. The van der Waals surface area contributed by atoms with Crippen LogP contribution in [-0.2, 0) is 4.57 Å². The number of hydrogen-bond acceptors (Lipinski definition) is 2. The predicted octanol–water partition coefficient (Wildman–Crippen LogP) is 1.40. The van der Waals surface area contributed by atoms with Gasteiger partial charge in [-0.1, -0.05) is 11.4 Å². The quantitative estimate of drug-likeness (QED) is 0.482. The molecular formula is C6H10NOPS. The highest BCUT2D eigenvalue weighted by atomic mass is 32.7. The maximum Gasteiger partial charge on any atom is 0.201 e. The van der Waals surface area contributed by atoms with Crippen LogP contribution in [0, 0.1) is 18.3 Å². The van der Waals surface area contributed by atoms with Crippen molar-refractivity contribution in [3.8, 4) is 12.3 Å². The minimum Gasteiger partial charge on any atom is -0.295 e. The van der Waals surface area contributed by atoms with Gasteiger partial charge in [0, 0.05) is 17.8 Å². The molecule has 10 heavy (non-hydrogen) atoms. The van der Waals surface area contributed by atoms with Gasteiger partial charge in [0.15, 0.2) is 0 Å². The molecule has 2 nitrogen and oxygen atoms in total. The molecule has 1 aliphatic heterocycles. The van der Waals surface area contributed by atoms with E-state index in [4.69, 9.17) is 6.42 Å². The van der Waals surface area contributed by atoms with Gasteiger partial charge in [-0.25, -0.2) is 0 Å². The van der Waals surface area contributed by atoms with Crippen LogP contribution in [0.2, 0.25) is 0 Å². The standard InChI is InChI=1S/C6H10NOPS/c1-3-6-4-9(8,7-2)10-5-6/h1,6H,4-5H2,2H3,(H,7,8). The maximum atomic E-state index is 11.5. The van der Waals surface area contributed by atoms with E-state index in [1.54, 1.807) is 7.05 Å². The molecule has 0 aromatic carbocycles. The highest BCUT2D eigenvalue weighted by Gasteiger charge is 2.32. The smallest absolute Gasteiger partial charge is 0.201 e. The van der Waals surface area contributed by atoms with Crippen molar-refractivity contribution in [3.63, 3.8) is 0 Å². The molecule has 1 heterocycles. The second kappa shape index (κ2) is 3.00. The number of hydrogen-bond donors (Lipinski definition) is 1. The average molecular weight is 175 g/mol. The van der Waals surface area contributed by atoms with E-state index in [1.807, 2.05) is 0 Å². The lowest BCUT2D eigenvalue weighted by Crippen LogP contribution is -2.03. The number of rotatable bonds is 1. The van der Waals surface area contributed by atoms with Crippen molar-refractivity contribution < 1.29 is 4.57 Å². The summed E-state index contributed by atoms with van der Waals surface area (Å²) < 4.78 is 11.5. The summed E-state index contributed by atoms with van der Waals surface area (Å²) in [6.07, 6.45) is 5.85. The van der Waals surface area contributed by atoms with E-state index in [2.05, 4.69) is 11.0 Å². The van der Waals surface area contributed by atoms with Crippen molar-refractivity contribution in [3.05, 3.63) is 0 Å². The van der Waals surface area contributed by atoms with Crippen LogP contribution in [0.4, 0.5) is 0 Å². The van der Waals surface area contributed by atoms with Crippen molar-refractivity contribution >= 4 is 17.9 Å². The zero-order valence-electron chi connectivity index (χ0n) is 5.83. The van der Waals surface area contributed by atoms with Crippen LogP contribution in [0.3, 0.4) is 0 Å². The van der Waals surface area contributed by atoms with Gasteiger partial charge < -0.3 is 0 Å². The highest BCUT2D eigenvalue weighted by molar-refractivity contribution is 8.58. The van der Waals surface area contributed by atoms with E-state index in [9.17, 15) is 4.57 Å². The van der Waals surface area contributed by atoms with Gasteiger partial charge in [0.2, 0.25) is 6.49 Å². The summed E-state index contributed by atoms with van der Waals surface area (Å²) in [5.41, 5.74) is 0. The normalized spacial score (nSPS) is 39.4. The molecule has 0 bridgehead atoms. The first-order valence-corrected chi connectivity index (χ1v) is 6.57. The molecule has 0 aliphatic carbocycles. The van der Waals surface area contributed by atoms with E-state index in [0.29, 0.717) is 6.16 Å². The second-order valence-electron chi connectivity index (χ2n) is 2.24. The predicted molar refractivity (Wildman–Crippen MR) is 46.3 cm³/mol. The lowest BCUT2D eigenvalue weighted by Gasteiger charge is -2.05. The van der Waals surface area contributed by atoms with Crippen LogP contribution < -0.4 is 5.09 Å². The van der Waals surface area contributed by atoms with Crippen LogP contribution in [0.5, 0.6) is 0 Å². The van der Waals surface area contributed by atoms with Gasteiger partial charge in [0.05, 0.1) is 0 Å². The second-order valence-corrected chi connectivity index (χ2v) is 7.53.